The minimum atomic E-state index is 0.00545. The number of rotatable bonds is 5. The Kier molecular flexibility index (Phi) is 4.45. The summed E-state index contributed by atoms with van der Waals surface area (Å²) in [5.41, 5.74) is 1.78. The van der Waals surface area contributed by atoms with Crippen LogP contribution in [0.1, 0.15) is 16.1 Å². The molecule has 1 aromatic heterocycles. The average molecular weight is 272 g/mol. The van der Waals surface area contributed by atoms with Gasteiger partial charge in [-0.15, -0.1) is 0 Å². The molecule has 0 atom stereocenters. The third-order valence-corrected chi connectivity index (χ3v) is 3.29. The molecule has 0 aliphatic rings. The van der Waals surface area contributed by atoms with Gasteiger partial charge in [0.05, 0.1) is 6.54 Å². The van der Waals surface area contributed by atoms with E-state index in [2.05, 4.69) is 0 Å². The smallest absolute Gasteiger partial charge is 0.270 e. The van der Waals surface area contributed by atoms with E-state index in [1.165, 1.54) is 0 Å². The van der Waals surface area contributed by atoms with Gasteiger partial charge in [0.15, 0.2) is 0 Å². The van der Waals surface area contributed by atoms with Crippen LogP contribution in [0.25, 0.3) is 0 Å². The zero-order chi connectivity index (χ0) is 14.5. The van der Waals surface area contributed by atoms with Crippen LogP contribution in [0.3, 0.4) is 0 Å². The fourth-order valence-corrected chi connectivity index (χ4v) is 1.99. The summed E-state index contributed by atoms with van der Waals surface area (Å²) in [5.74, 6) is 0.873. The number of carbonyl (C=O) groups excluding carboxylic acids is 1. The normalized spacial score (nSPS) is 10.3. The molecule has 0 fully saturated rings. The van der Waals surface area contributed by atoms with Crippen molar-refractivity contribution in [2.45, 2.75) is 6.92 Å². The summed E-state index contributed by atoms with van der Waals surface area (Å²) in [7, 11) is 3.65. The highest BCUT2D eigenvalue weighted by molar-refractivity contribution is 5.92. The standard InChI is InChI=1S/C16H20N2O2/c1-13-7-4-5-9-15(13)20-12-11-18(3)16(19)14-8-6-10-17(14)2/h4-10H,11-12H2,1-3H3. The average Bonchev–Trinajstić information content (AvgIpc) is 2.86. The van der Waals surface area contributed by atoms with E-state index in [9.17, 15) is 4.79 Å². The summed E-state index contributed by atoms with van der Waals surface area (Å²) >= 11 is 0. The number of benzene rings is 1. The lowest BCUT2D eigenvalue weighted by Gasteiger charge is -2.18. The van der Waals surface area contributed by atoms with Gasteiger partial charge in [-0.2, -0.15) is 0 Å². The molecule has 2 aromatic rings. The van der Waals surface area contributed by atoms with Crippen LogP contribution in [0.5, 0.6) is 5.75 Å². The van der Waals surface area contributed by atoms with Crippen LogP contribution in [0.2, 0.25) is 0 Å². The molecule has 0 bridgehead atoms. The molecule has 1 amide bonds. The largest absolute Gasteiger partial charge is 0.491 e. The number of hydrogen-bond acceptors (Lipinski definition) is 2. The fraction of sp³-hybridized carbons (Fsp3) is 0.312. The Morgan fingerprint density at radius 2 is 2.00 bits per heavy atom. The van der Waals surface area contributed by atoms with E-state index in [0.29, 0.717) is 18.8 Å². The molecule has 1 heterocycles. The Hall–Kier alpha value is -2.23. The molecule has 0 spiro atoms. The summed E-state index contributed by atoms with van der Waals surface area (Å²) in [5, 5.41) is 0. The lowest BCUT2D eigenvalue weighted by molar-refractivity contribution is 0.0764. The summed E-state index contributed by atoms with van der Waals surface area (Å²) in [6.45, 7) is 3.05. The molecule has 0 aliphatic carbocycles. The second-order valence-corrected chi connectivity index (χ2v) is 4.85. The van der Waals surface area contributed by atoms with Gasteiger partial charge in [0.1, 0.15) is 18.1 Å². The summed E-state index contributed by atoms with van der Waals surface area (Å²) in [6.07, 6.45) is 1.87. The molecule has 0 aliphatic heterocycles. The van der Waals surface area contributed by atoms with Gasteiger partial charge in [0.2, 0.25) is 0 Å². The van der Waals surface area contributed by atoms with Crippen LogP contribution in [-0.2, 0) is 7.05 Å². The van der Waals surface area contributed by atoms with Crippen molar-refractivity contribution in [3.05, 3.63) is 53.9 Å². The van der Waals surface area contributed by atoms with E-state index >= 15 is 0 Å². The van der Waals surface area contributed by atoms with Gasteiger partial charge in [-0.3, -0.25) is 4.79 Å². The highest BCUT2D eigenvalue weighted by Crippen LogP contribution is 2.15. The highest BCUT2D eigenvalue weighted by Gasteiger charge is 2.14. The molecule has 0 saturated carbocycles. The molecule has 1 aromatic carbocycles. The van der Waals surface area contributed by atoms with Gasteiger partial charge in [-0.25, -0.2) is 0 Å². The number of hydrogen-bond donors (Lipinski definition) is 0. The van der Waals surface area contributed by atoms with Crippen molar-refractivity contribution >= 4 is 5.91 Å². The van der Waals surface area contributed by atoms with Crippen LogP contribution < -0.4 is 4.74 Å². The van der Waals surface area contributed by atoms with Crippen molar-refractivity contribution < 1.29 is 9.53 Å². The summed E-state index contributed by atoms with van der Waals surface area (Å²) < 4.78 is 7.52. The Balaban J connectivity index is 1.87. The van der Waals surface area contributed by atoms with Crippen LogP contribution in [0, 0.1) is 6.92 Å². The van der Waals surface area contributed by atoms with E-state index in [1.54, 1.807) is 11.9 Å². The van der Waals surface area contributed by atoms with Crippen molar-refractivity contribution in [3.63, 3.8) is 0 Å². The number of nitrogens with zero attached hydrogens (tertiary/aromatic N) is 2. The van der Waals surface area contributed by atoms with Crippen LogP contribution in [-0.4, -0.2) is 35.6 Å². The predicted molar refractivity (Wildman–Crippen MR) is 79.0 cm³/mol. The number of aryl methyl sites for hydroxylation is 2. The fourth-order valence-electron chi connectivity index (χ4n) is 1.99. The first kappa shape index (κ1) is 14.2. The van der Waals surface area contributed by atoms with Gasteiger partial charge in [-0.1, -0.05) is 18.2 Å². The molecule has 0 unspecified atom stereocenters. The zero-order valence-corrected chi connectivity index (χ0v) is 12.2. The highest BCUT2D eigenvalue weighted by atomic mass is 16.5. The van der Waals surface area contributed by atoms with Crippen molar-refractivity contribution in [2.24, 2.45) is 7.05 Å². The SMILES string of the molecule is Cc1ccccc1OCCN(C)C(=O)c1cccn1C. The summed E-state index contributed by atoms with van der Waals surface area (Å²) in [4.78, 5) is 13.9. The molecule has 0 radical (unpaired) electrons. The maximum absolute atomic E-state index is 12.2. The third-order valence-electron chi connectivity index (χ3n) is 3.29. The van der Waals surface area contributed by atoms with Gasteiger partial charge in [-0.05, 0) is 30.7 Å². The predicted octanol–water partition coefficient (Wildman–Crippen LogP) is 2.48. The topological polar surface area (TPSA) is 34.5 Å². The number of para-hydroxylation sites is 1. The van der Waals surface area contributed by atoms with Crippen molar-refractivity contribution in [3.8, 4) is 5.75 Å². The lowest BCUT2D eigenvalue weighted by atomic mass is 10.2. The Morgan fingerprint density at radius 3 is 2.65 bits per heavy atom. The Labute approximate surface area is 119 Å². The van der Waals surface area contributed by atoms with E-state index in [4.69, 9.17) is 4.74 Å². The number of carbonyl (C=O) groups is 1. The van der Waals surface area contributed by atoms with Crippen molar-refractivity contribution in [2.75, 3.05) is 20.2 Å². The van der Waals surface area contributed by atoms with E-state index < -0.39 is 0 Å². The van der Waals surface area contributed by atoms with Gasteiger partial charge in [0.25, 0.3) is 5.91 Å². The Bertz CT molecular complexity index is 590. The van der Waals surface area contributed by atoms with Gasteiger partial charge in [0, 0.05) is 20.3 Å². The molecule has 20 heavy (non-hydrogen) atoms. The van der Waals surface area contributed by atoms with Crippen LogP contribution >= 0.6 is 0 Å². The molecule has 2 rings (SSSR count). The molecule has 0 saturated heterocycles. The molecule has 4 heteroatoms. The zero-order valence-electron chi connectivity index (χ0n) is 12.2. The van der Waals surface area contributed by atoms with Crippen molar-refractivity contribution in [1.82, 2.24) is 9.47 Å². The van der Waals surface area contributed by atoms with Crippen LogP contribution in [0.4, 0.5) is 0 Å². The summed E-state index contributed by atoms with van der Waals surface area (Å²) in [6, 6.07) is 11.6. The quantitative estimate of drug-likeness (QED) is 0.838. The number of ether oxygens (including phenoxy) is 1. The number of amides is 1. The minimum Gasteiger partial charge on any atom is -0.491 e. The maximum atomic E-state index is 12.2. The first-order chi connectivity index (χ1) is 9.59. The van der Waals surface area contributed by atoms with E-state index in [1.807, 2.05) is 61.1 Å². The molecular formula is C16H20N2O2. The number of aromatic nitrogens is 1. The molecular weight excluding hydrogens is 252 g/mol. The molecule has 0 N–H and O–H groups in total. The second-order valence-electron chi connectivity index (χ2n) is 4.85. The third kappa shape index (κ3) is 3.20. The molecule has 4 nitrogen and oxygen atoms in total. The molecule has 106 valence electrons. The number of likely N-dealkylation sites (N-methyl/N-ethyl adjacent to an activating group) is 1. The van der Waals surface area contributed by atoms with Gasteiger partial charge >= 0.3 is 0 Å². The Morgan fingerprint density at radius 1 is 1.25 bits per heavy atom. The monoisotopic (exact) mass is 272 g/mol. The first-order valence-corrected chi connectivity index (χ1v) is 6.65. The minimum absolute atomic E-state index is 0.00545. The second kappa shape index (κ2) is 6.28. The van der Waals surface area contributed by atoms with Crippen molar-refractivity contribution in [1.29, 1.82) is 0 Å². The van der Waals surface area contributed by atoms with Crippen LogP contribution in [0.15, 0.2) is 42.6 Å². The first-order valence-electron chi connectivity index (χ1n) is 6.65. The van der Waals surface area contributed by atoms with Gasteiger partial charge < -0.3 is 14.2 Å². The maximum Gasteiger partial charge on any atom is 0.270 e. The van der Waals surface area contributed by atoms with E-state index in [-0.39, 0.29) is 5.91 Å². The van der Waals surface area contributed by atoms with E-state index in [0.717, 1.165) is 11.3 Å². The lowest BCUT2D eigenvalue weighted by Crippen LogP contribution is -2.32.